The zero-order valence-electron chi connectivity index (χ0n) is 21.8. The minimum absolute atomic E-state index is 0.156. The normalized spacial score (nSPS) is 16.2. The number of amides is 3. The van der Waals surface area contributed by atoms with Crippen molar-refractivity contribution in [1.29, 1.82) is 0 Å². The smallest absolute Gasteiger partial charge is 0.399 e. The van der Waals surface area contributed by atoms with Crippen molar-refractivity contribution in [2.24, 2.45) is 0 Å². The first-order valence-corrected chi connectivity index (χ1v) is 13.9. The van der Waals surface area contributed by atoms with Crippen molar-refractivity contribution in [1.82, 2.24) is 4.90 Å². The topological polar surface area (TPSA) is 66.6 Å². The van der Waals surface area contributed by atoms with Gasteiger partial charge in [0.05, 0.1) is 5.69 Å². The van der Waals surface area contributed by atoms with Crippen molar-refractivity contribution in [2.45, 2.75) is 96.2 Å². The number of aryl methyl sites for hydroxylation is 1. The van der Waals surface area contributed by atoms with Gasteiger partial charge in [-0.15, -0.1) is 0 Å². The van der Waals surface area contributed by atoms with E-state index in [9.17, 15) is 31.5 Å². The molecule has 210 valence electrons. The third kappa shape index (κ3) is 8.22. The number of carbonyl (C=O) groups excluding carboxylic acids is 2. The fourth-order valence-electron chi connectivity index (χ4n) is 4.24. The molecule has 2 N–H and O–H groups in total. The lowest BCUT2D eigenvalue weighted by molar-refractivity contribution is -0.284. The third-order valence-corrected chi connectivity index (χ3v) is 7.85. The minimum Gasteiger partial charge on any atom is -0.399 e. The summed E-state index contributed by atoms with van der Waals surface area (Å²) in [5.74, 6) is -3.80. The van der Waals surface area contributed by atoms with E-state index in [1.165, 1.54) is 16.7 Å². The maximum absolute atomic E-state index is 13.1. The van der Waals surface area contributed by atoms with Crippen LogP contribution < -0.4 is 10.6 Å². The molecule has 1 aromatic rings. The van der Waals surface area contributed by atoms with Crippen LogP contribution >= 0.6 is 11.8 Å². The number of nitrogens with two attached hydrogens (primary N) is 1. The highest BCUT2D eigenvalue weighted by atomic mass is 32.2. The Balaban J connectivity index is 1.59. The van der Waals surface area contributed by atoms with Crippen LogP contribution in [0.4, 0.5) is 38.1 Å². The molecule has 5 nitrogen and oxygen atoms in total. The summed E-state index contributed by atoms with van der Waals surface area (Å²) in [7, 11) is 0. The first kappa shape index (κ1) is 31.2. The van der Waals surface area contributed by atoms with Crippen molar-refractivity contribution < 1.29 is 31.5 Å². The van der Waals surface area contributed by atoms with E-state index >= 15 is 0 Å². The lowest BCUT2D eigenvalue weighted by Crippen LogP contribution is -2.44. The molecule has 0 spiro atoms. The Hall–Kier alpha value is -2.04. The van der Waals surface area contributed by atoms with Crippen LogP contribution in [0.1, 0.15) is 77.2 Å². The number of hydrogen-bond acceptors (Lipinski definition) is 4. The van der Waals surface area contributed by atoms with E-state index in [-0.39, 0.29) is 18.4 Å². The van der Waals surface area contributed by atoms with Gasteiger partial charge < -0.3 is 10.6 Å². The molecule has 11 heteroatoms. The van der Waals surface area contributed by atoms with Crippen LogP contribution in [0.25, 0.3) is 0 Å². The fraction of sp³-hybridized carbons (Fsp3) is 0.692. The highest BCUT2D eigenvalue weighted by molar-refractivity contribution is 7.99. The van der Waals surface area contributed by atoms with Gasteiger partial charge in [0.15, 0.2) is 0 Å². The van der Waals surface area contributed by atoms with Crippen molar-refractivity contribution in [3.63, 3.8) is 0 Å². The number of anilines is 2. The number of nitrogen functional groups attached to an aromatic ring is 1. The highest BCUT2D eigenvalue weighted by Gasteiger charge is 2.56. The number of unbranched alkanes of at least 4 members (excludes halogenated alkanes) is 6. The standard InChI is InChI=1S/C26H38F5N3O2S/c1-19-18-20(12-13-21(19)32)34-22(35)24(2,3)33(23(34)36)15-9-7-5-4-6-8-10-16-37-17-11-14-25(27,28)26(29,30)31/h12-13,18H,4-11,14-17,32H2,1-3H3. The molecule has 37 heavy (non-hydrogen) atoms. The van der Waals surface area contributed by atoms with Gasteiger partial charge in [-0.05, 0) is 75.3 Å². The molecule has 0 aliphatic carbocycles. The summed E-state index contributed by atoms with van der Waals surface area (Å²) < 4.78 is 62.0. The summed E-state index contributed by atoms with van der Waals surface area (Å²) in [5.41, 5.74) is 6.87. The maximum atomic E-state index is 13.1. The average molecular weight is 552 g/mol. The van der Waals surface area contributed by atoms with Crippen molar-refractivity contribution in [3.05, 3.63) is 23.8 Å². The van der Waals surface area contributed by atoms with Gasteiger partial charge >= 0.3 is 18.1 Å². The first-order valence-electron chi connectivity index (χ1n) is 12.7. The Labute approximate surface area is 220 Å². The summed E-state index contributed by atoms with van der Waals surface area (Å²) in [6.45, 7) is 5.85. The SMILES string of the molecule is Cc1cc(N2C(=O)N(CCCCCCCCCSCCCC(F)(F)C(F)(F)F)C(C)(C)C2=O)ccc1N. The molecule has 1 heterocycles. The Bertz CT molecular complexity index is 924. The minimum atomic E-state index is -5.47. The van der Waals surface area contributed by atoms with E-state index < -0.39 is 24.1 Å². The molecule has 3 amide bonds. The molecule has 1 aromatic carbocycles. The van der Waals surface area contributed by atoms with E-state index in [0.29, 0.717) is 23.7 Å². The largest absolute Gasteiger partial charge is 0.453 e. The Kier molecular flexibility index (Phi) is 11.1. The second kappa shape index (κ2) is 13.2. The Morgan fingerprint density at radius 1 is 0.892 bits per heavy atom. The molecular formula is C26H38F5N3O2S. The number of alkyl halides is 5. The molecule has 0 atom stereocenters. The molecule has 1 fully saturated rings. The van der Waals surface area contributed by atoms with Crippen LogP contribution in [-0.2, 0) is 4.79 Å². The third-order valence-electron chi connectivity index (χ3n) is 6.70. The first-order chi connectivity index (χ1) is 17.2. The van der Waals surface area contributed by atoms with Crippen molar-refractivity contribution >= 4 is 35.1 Å². The Morgan fingerprint density at radius 2 is 1.46 bits per heavy atom. The number of carbonyl (C=O) groups is 2. The van der Waals surface area contributed by atoms with Gasteiger partial charge in [0.1, 0.15) is 5.54 Å². The quantitative estimate of drug-likeness (QED) is 0.106. The summed E-state index contributed by atoms with van der Waals surface area (Å²) in [6.07, 6.45) is -0.143. The Morgan fingerprint density at radius 3 is 2.05 bits per heavy atom. The molecule has 0 radical (unpaired) electrons. The van der Waals surface area contributed by atoms with Gasteiger partial charge in [-0.3, -0.25) is 4.79 Å². The van der Waals surface area contributed by atoms with Gasteiger partial charge in [0.25, 0.3) is 5.91 Å². The van der Waals surface area contributed by atoms with Crippen LogP contribution in [-0.4, -0.2) is 52.5 Å². The molecule has 0 unspecified atom stereocenters. The molecule has 1 aliphatic heterocycles. The van der Waals surface area contributed by atoms with Crippen molar-refractivity contribution in [2.75, 3.05) is 28.7 Å². The lowest BCUT2D eigenvalue weighted by Gasteiger charge is -2.27. The van der Waals surface area contributed by atoms with E-state index in [1.807, 2.05) is 6.92 Å². The predicted octanol–water partition coefficient (Wildman–Crippen LogP) is 7.57. The molecule has 0 bridgehead atoms. The molecule has 0 saturated carbocycles. The van der Waals surface area contributed by atoms with Gasteiger partial charge in [-0.1, -0.05) is 32.1 Å². The predicted molar refractivity (Wildman–Crippen MR) is 139 cm³/mol. The number of urea groups is 1. The number of halogens is 5. The molecule has 2 rings (SSSR count). The van der Waals surface area contributed by atoms with Crippen LogP contribution in [0.15, 0.2) is 18.2 Å². The van der Waals surface area contributed by atoms with Gasteiger partial charge in [-0.2, -0.15) is 33.7 Å². The zero-order valence-corrected chi connectivity index (χ0v) is 22.6. The fourth-order valence-corrected chi connectivity index (χ4v) is 5.20. The van der Waals surface area contributed by atoms with Crippen LogP contribution in [0, 0.1) is 6.92 Å². The summed E-state index contributed by atoms with van der Waals surface area (Å²) in [5, 5.41) is 0. The monoisotopic (exact) mass is 551 g/mol. The van der Waals surface area contributed by atoms with Crippen molar-refractivity contribution in [3.8, 4) is 0 Å². The second-order valence-electron chi connectivity index (χ2n) is 10.1. The van der Waals surface area contributed by atoms with Crippen LogP contribution in [0.2, 0.25) is 0 Å². The number of nitrogens with zero attached hydrogens (tertiary/aromatic N) is 2. The number of imide groups is 1. The number of thioether (sulfide) groups is 1. The molecular weight excluding hydrogens is 513 g/mol. The lowest BCUT2D eigenvalue weighted by atomic mass is 10.0. The van der Waals surface area contributed by atoms with E-state index in [1.54, 1.807) is 36.9 Å². The number of benzene rings is 1. The van der Waals surface area contributed by atoms with Crippen LogP contribution in [0.3, 0.4) is 0 Å². The van der Waals surface area contributed by atoms with E-state index in [0.717, 1.165) is 56.3 Å². The molecule has 1 saturated heterocycles. The van der Waals surface area contributed by atoms with Crippen LogP contribution in [0.5, 0.6) is 0 Å². The maximum Gasteiger partial charge on any atom is 0.453 e. The summed E-state index contributed by atoms with van der Waals surface area (Å²) >= 11 is 1.41. The zero-order chi connectivity index (χ0) is 27.9. The molecule has 0 aromatic heterocycles. The molecule has 1 aliphatic rings. The van der Waals surface area contributed by atoms with Gasteiger partial charge in [-0.25, -0.2) is 9.69 Å². The van der Waals surface area contributed by atoms with E-state index in [2.05, 4.69) is 0 Å². The average Bonchev–Trinajstić information content (AvgIpc) is 2.96. The highest BCUT2D eigenvalue weighted by Crippen LogP contribution is 2.39. The summed E-state index contributed by atoms with van der Waals surface area (Å²) in [4.78, 5) is 28.9. The van der Waals surface area contributed by atoms with Gasteiger partial charge in [0.2, 0.25) is 0 Å². The summed E-state index contributed by atoms with van der Waals surface area (Å²) in [6, 6.07) is 4.80. The second-order valence-corrected chi connectivity index (χ2v) is 11.3. The number of hydrogen-bond donors (Lipinski definition) is 1. The van der Waals surface area contributed by atoms with Gasteiger partial charge in [0, 0.05) is 18.7 Å². The van der Waals surface area contributed by atoms with E-state index in [4.69, 9.17) is 5.73 Å². The number of rotatable bonds is 15.